The van der Waals surface area contributed by atoms with Crippen molar-refractivity contribution in [2.75, 3.05) is 5.73 Å². The van der Waals surface area contributed by atoms with Gasteiger partial charge < -0.3 is 11.1 Å². The Kier molecular flexibility index (Phi) is 2.62. The number of hydrogen-bond donors (Lipinski definition) is 2. The van der Waals surface area contributed by atoms with Gasteiger partial charge in [-0.2, -0.15) is 0 Å². The highest BCUT2D eigenvalue weighted by atomic mass is 16.1. The van der Waals surface area contributed by atoms with Gasteiger partial charge in [-0.3, -0.25) is 4.79 Å². The molecule has 3 N–H and O–H groups in total. The van der Waals surface area contributed by atoms with Crippen molar-refractivity contribution < 1.29 is 4.79 Å². The molecule has 0 spiro atoms. The lowest BCUT2D eigenvalue weighted by Gasteiger charge is -2.26. The van der Waals surface area contributed by atoms with Crippen LogP contribution in [-0.4, -0.2) is 11.9 Å². The van der Waals surface area contributed by atoms with Gasteiger partial charge in [0.1, 0.15) is 0 Å². The van der Waals surface area contributed by atoms with Crippen molar-refractivity contribution in [2.45, 2.75) is 32.2 Å². The van der Waals surface area contributed by atoms with E-state index in [0.717, 1.165) is 18.4 Å². The Morgan fingerprint density at radius 3 is 2.80 bits per heavy atom. The van der Waals surface area contributed by atoms with Crippen molar-refractivity contribution >= 4 is 11.6 Å². The van der Waals surface area contributed by atoms with Crippen LogP contribution in [0.2, 0.25) is 0 Å². The summed E-state index contributed by atoms with van der Waals surface area (Å²) in [5.74, 6) is -0.0408. The molecule has 0 unspecified atom stereocenters. The summed E-state index contributed by atoms with van der Waals surface area (Å²) < 4.78 is 0. The first kappa shape index (κ1) is 10.0. The van der Waals surface area contributed by atoms with Crippen molar-refractivity contribution in [3.8, 4) is 0 Å². The fourth-order valence-corrected chi connectivity index (χ4v) is 1.68. The summed E-state index contributed by atoms with van der Waals surface area (Å²) in [5, 5.41) is 2.98. The molecule has 1 aromatic rings. The van der Waals surface area contributed by atoms with Crippen molar-refractivity contribution in [3.05, 3.63) is 29.3 Å². The fraction of sp³-hybridized carbons (Fsp3) is 0.417. The van der Waals surface area contributed by atoms with Crippen LogP contribution in [0.4, 0.5) is 5.69 Å². The molecule has 0 atom stereocenters. The van der Waals surface area contributed by atoms with E-state index >= 15 is 0 Å². The fourth-order valence-electron chi connectivity index (χ4n) is 1.68. The number of amides is 1. The maximum absolute atomic E-state index is 11.8. The Morgan fingerprint density at radius 2 is 2.20 bits per heavy atom. The maximum atomic E-state index is 11.8. The Morgan fingerprint density at radius 1 is 1.47 bits per heavy atom. The molecule has 3 nitrogen and oxygen atoms in total. The second-order valence-corrected chi connectivity index (χ2v) is 4.19. The van der Waals surface area contributed by atoms with E-state index in [-0.39, 0.29) is 5.91 Å². The van der Waals surface area contributed by atoms with Crippen LogP contribution in [0.15, 0.2) is 18.2 Å². The van der Waals surface area contributed by atoms with Crippen LogP contribution in [0.3, 0.4) is 0 Å². The number of carbonyl (C=O) groups excluding carboxylic acids is 1. The largest absolute Gasteiger partial charge is 0.398 e. The topological polar surface area (TPSA) is 55.1 Å². The van der Waals surface area contributed by atoms with Gasteiger partial charge in [0.25, 0.3) is 5.91 Å². The molecule has 1 aromatic carbocycles. The highest BCUT2D eigenvalue weighted by Crippen LogP contribution is 2.20. The lowest BCUT2D eigenvalue weighted by Crippen LogP contribution is -2.39. The van der Waals surface area contributed by atoms with Crippen LogP contribution in [0, 0.1) is 6.92 Å². The summed E-state index contributed by atoms with van der Waals surface area (Å²) in [4.78, 5) is 11.8. The highest BCUT2D eigenvalue weighted by Gasteiger charge is 2.20. The molecule has 0 saturated heterocycles. The molecular weight excluding hydrogens is 188 g/mol. The van der Waals surface area contributed by atoms with Gasteiger partial charge in [0.2, 0.25) is 0 Å². The third-order valence-electron chi connectivity index (χ3n) is 2.89. The molecule has 1 fully saturated rings. The van der Waals surface area contributed by atoms with Crippen LogP contribution in [0.5, 0.6) is 0 Å². The number of aryl methyl sites for hydroxylation is 1. The standard InChI is InChI=1S/C12H16N2O/c1-8-5-6-11(13)10(7-8)12(15)14-9-3-2-4-9/h5-7,9H,2-4,13H2,1H3,(H,14,15). The lowest BCUT2D eigenvalue weighted by atomic mass is 9.93. The van der Waals surface area contributed by atoms with E-state index in [1.807, 2.05) is 19.1 Å². The Bertz CT molecular complexity index is 383. The van der Waals surface area contributed by atoms with Gasteiger partial charge in [0, 0.05) is 11.7 Å². The second-order valence-electron chi connectivity index (χ2n) is 4.19. The molecule has 1 amide bonds. The number of anilines is 1. The third kappa shape index (κ3) is 2.12. The maximum Gasteiger partial charge on any atom is 0.253 e. The third-order valence-corrected chi connectivity index (χ3v) is 2.89. The van der Waals surface area contributed by atoms with Crippen molar-refractivity contribution in [1.82, 2.24) is 5.32 Å². The molecule has 0 radical (unpaired) electrons. The first-order chi connectivity index (χ1) is 7.16. The van der Waals surface area contributed by atoms with E-state index in [1.54, 1.807) is 6.07 Å². The number of carbonyl (C=O) groups is 1. The first-order valence-electron chi connectivity index (χ1n) is 5.34. The quantitative estimate of drug-likeness (QED) is 0.722. The Balaban J connectivity index is 2.12. The zero-order valence-corrected chi connectivity index (χ0v) is 8.92. The smallest absolute Gasteiger partial charge is 0.253 e. The molecule has 15 heavy (non-hydrogen) atoms. The van der Waals surface area contributed by atoms with Crippen molar-refractivity contribution in [2.24, 2.45) is 0 Å². The number of benzene rings is 1. The summed E-state index contributed by atoms with van der Waals surface area (Å²) in [6, 6.07) is 5.89. The lowest BCUT2D eigenvalue weighted by molar-refractivity contribution is 0.0918. The van der Waals surface area contributed by atoms with Gasteiger partial charge in [-0.15, -0.1) is 0 Å². The first-order valence-corrected chi connectivity index (χ1v) is 5.34. The van der Waals surface area contributed by atoms with Gasteiger partial charge in [0.05, 0.1) is 5.56 Å². The molecular formula is C12H16N2O. The molecule has 0 bridgehead atoms. The van der Waals surface area contributed by atoms with Crippen molar-refractivity contribution in [1.29, 1.82) is 0 Å². The number of nitrogen functional groups attached to an aromatic ring is 1. The van der Waals surface area contributed by atoms with Crippen LogP contribution < -0.4 is 11.1 Å². The minimum atomic E-state index is -0.0408. The molecule has 1 saturated carbocycles. The van der Waals surface area contributed by atoms with Crippen LogP contribution in [0.1, 0.15) is 35.2 Å². The summed E-state index contributed by atoms with van der Waals surface area (Å²) in [6.07, 6.45) is 3.41. The predicted molar refractivity (Wildman–Crippen MR) is 60.7 cm³/mol. The molecule has 3 heteroatoms. The zero-order chi connectivity index (χ0) is 10.8. The minimum absolute atomic E-state index is 0.0408. The molecule has 0 aliphatic heterocycles. The Hall–Kier alpha value is -1.51. The van der Waals surface area contributed by atoms with Gasteiger partial charge in [-0.05, 0) is 38.3 Å². The van der Waals surface area contributed by atoms with Crippen LogP contribution in [0.25, 0.3) is 0 Å². The average molecular weight is 204 g/mol. The molecule has 0 heterocycles. The summed E-state index contributed by atoms with van der Waals surface area (Å²) in [7, 11) is 0. The summed E-state index contributed by atoms with van der Waals surface area (Å²) in [6.45, 7) is 1.96. The van der Waals surface area contributed by atoms with E-state index in [2.05, 4.69) is 5.32 Å². The number of rotatable bonds is 2. The van der Waals surface area contributed by atoms with Crippen LogP contribution >= 0.6 is 0 Å². The average Bonchev–Trinajstić information content (AvgIpc) is 2.15. The van der Waals surface area contributed by atoms with E-state index < -0.39 is 0 Å². The molecule has 1 aliphatic carbocycles. The monoisotopic (exact) mass is 204 g/mol. The zero-order valence-electron chi connectivity index (χ0n) is 8.92. The summed E-state index contributed by atoms with van der Waals surface area (Å²) in [5.41, 5.74) is 7.98. The van der Waals surface area contributed by atoms with Gasteiger partial charge in [0.15, 0.2) is 0 Å². The normalized spacial score (nSPS) is 15.8. The highest BCUT2D eigenvalue weighted by molar-refractivity contribution is 5.99. The molecule has 0 aromatic heterocycles. The molecule has 80 valence electrons. The van der Waals surface area contributed by atoms with Gasteiger partial charge in [-0.25, -0.2) is 0 Å². The van der Waals surface area contributed by atoms with E-state index in [4.69, 9.17) is 5.73 Å². The number of hydrogen-bond acceptors (Lipinski definition) is 2. The molecule has 2 rings (SSSR count). The Labute approximate surface area is 89.7 Å². The van der Waals surface area contributed by atoms with E-state index in [9.17, 15) is 4.79 Å². The SMILES string of the molecule is Cc1ccc(N)c(C(=O)NC2CCC2)c1. The summed E-state index contributed by atoms with van der Waals surface area (Å²) >= 11 is 0. The second kappa shape index (κ2) is 3.93. The molecule has 1 aliphatic rings. The van der Waals surface area contributed by atoms with E-state index in [1.165, 1.54) is 6.42 Å². The van der Waals surface area contributed by atoms with Gasteiger partial charge in [-0.1, -0.05) is 11.6 Å². The van der Waals surface area contributed by atoms with Gasteiger partial charge >= 0.3 is 0 Å². The van der Waals surface area contributed by atoms with Crippen LogP contribution in [-0.2, 0) is 0 Å². The number of nitrogens with two attached hydrogens (primary N) is 1. The number of nitrogens with one attached hydrogen (secondary N) is 1. The van der Waals surface area contributed by atoms with E-state index in [0.29, 0.717) is 17.3 Å². The van der Waals surface area contributed by atoms with Crippen molar-refractivity contribution in [3.63, 3.8) is 0 Å². The predicted octanol–water partition coefficient (Wildman–Crippen LogP) is 1.86. The minimum Gasteiger partial charge on any atom is -0.398 e.